The Morgan fingerprint density at radius 1 is 1.25 bits per heavy atom. The predicted octanol–water partition coefficient (Wildman–Crippen LogP) is 4.97. The molecule has 4 heteroatoms. The van der Waals surface area contributed by atoms with Gasteiger partial charge >= 0.3 is 0 Å². The molecule has 90 valence electrons. The van der Waals surface area contributed by atoms with Crippen molar-refractivity contribution in [1.82, 2.24) is 0 Å². The van der Waals surface area contributed by atoms with Gasteiger partial charge in [0.05, 0.1) is 0 Å². The van der Waals surface area contributed by atoms with Crippen molar-refractivity contribution in [3.63, 3.8) is 0 Å². The first-order chi connectivity index (χ1) is 7.13. The summed E-state index contributed by atoms with van der Waals surface area (Å²) in [6, 6.07) is 4.91. The third-order valence-electron chi connectivity index (χ3n) is 3.07. The molecule has 0 aliphatic carbocycles. The van der Waals surface area contributed by atoms with Gasteiger partial charge in [0.25, 0.3) is 8.32 Å². The Hall–Kier alpha value is -0.353. The van der Waals surface area contributed by atoms with Crippen molar-refractivity contribution >= 4 is 24.2 Å². The normalized spacial score (nSPS) is 12.7. The van der Waals surface area contributed by atoms with Crippen LogP contribution in [0.15, 0.2) is 22.7 Å². The summed E-state index contributed by atoms with van der Waals surface area (Å²) in [5.41, 5.74) is 0. The van der Waals surface area contributed by atoms with E-state index in [0.29, 0.717) is 5.75 Å². The summed E-state index contributed by atoms with van der Waals surface area (Å²) >= 11 is 3.23. The van der Waals surface area contributed by atoms with Crippen LogP contribution in [0.3, 0.4) is 0 Å². The lowest BCUT2D eigenvalue weighted by Gasteiger charge is -2.36. The summed E-state index contributed by atoms with van der Waals surface area (Å²) in [7, 11) is -1.95. The molecule has 0 heterocycles. The molecule has 0 N–H and O–H groups in total. The van der Waals surface area contributed by atoms with Crippen molar-refractivity contribution in [2.75, 3.05) is 0 Å². The molecule has 0 unspecified atom stereocenters. The molecule has 0 fully saturated rings. The van der Waals surface area contributed by atoms with Gasteiger partial charge in [0.2, 0.25) is 0 Å². The first-order valence-corrected chi connectivity index (χ1v) is 8.98. The van der Waals surface area contributed by atoms with Crippen LogP contribution in [0.2, 0.25) is 18.1 Å². The zero-order chi connectivity index (χ0) is 12.6. The molecule has 0 aliphatic rings. The van der Waals surface area contributed by atoms with E-state index in [0.717, 1.165) is 4.47 Å². The molecule has 1 rings (SSSR count). The minimum Gasteiger partial charge on any atom is -0.542 e. The summed E-state index contributed by atoms with van der Waals surface area (Å²) in [6.07, 6.45) is 0. The second kappa shape index (κ2) is 4.49. The first-order valence-electron chi connectivity index (χ1n) is 5.27. The lowest BCUT2D eigenvalue weighted by Crippen LogP contribution is -2.44. The molecule has 0 atom stereocenters. The second-order valence-corrected chi connectivity index (χ2v) is 11.1. The summed E-state index contributed by atoms with van der Waals surface area (Å²) in [5.74, 6) is 0.0500. The molecule has 1 aromatic rings. The van der Waals surface area contributed by atoms with E-state index in [2.05, 4.69) is 49.8 Å². The fourth-order valence-corrected chi connectivity index (χ4v) is 2.34. The molecule has 0 aromatic heterocycles. The van der Waals surface area contributed by atoms with Gasteiger partial charge in [-0.25, -0.2) is 4.39 Å². The smallest absolute Gasteiger partial charge is 0.250 e. The molecule has 0 bridgehead atoms. The van der Waals surface area contributed by atoms with Gasteiger partial charge in [-0.2, -0.15) is 0 Å². The zero-order valence-electron chi connectivity index (χ0n) is 10.4. The molecular weight excluding hydrogens is 287 g/mol. The molecule has 0 aliphatic heterocycles. The van der Waals surface area contributed by atoms with Gasteiger partial charge in [-0.3, -0.25) is 0 Å². The molecule has 0 radical (unpaired) electrons. The SMILES string of the molecule is CC(C)(C)[Si](C)(C)Oc1ccc(Br)cc1F. The average molecular weight is 305 g/mol. The maximum Gasteiger partial charge on any atom is 0.250 e. The summed E-state index contributed by atoms with van der Waals surface area (Å²) in [6.45, 7) is 10.6. The molecular formula is C12H18BrFOSi. The number of halogens is 2. The fraction of sp³-hybridized carbons (Fsp3) is 0.500. The predicted molar refractivity (Wildman–Crippen MR) is 71.9 cm³/mol. The zero-order valence-corrected chi connectivity index (χ0v) is 13.0. The fourth-order valence-electron chi connectivity index (χ4n) is 0.986. The van der Waals surface area contributed by atoms with Crippen LogP contribution in [0.25, 0.3) is 0 Å². The van der Waals surface area contributed by atoms with E-state index in [9.17, 15) is 4.39 Å². The highest BCUT2D eigenvalue weighted by Gasteiger charge is 2.39. The van der Waals surface area contributed by atoms with Crippen LogP contribution in [-0.4, -0.2) is 8.32 Å². The summed E-state index contributed by atoms with van der Waals surface area (Å²) < 4.78 is 20.3. The first kappa shape index (κ1) is 13.7. The van der Waals surface area contributed by atoms with E-state index in [1.54, 1.807) is 12.1 Å². The van der Waals surface area contributed by atoms with Crippen molar-refractivity contribution in [1.29, 1.82) is 0 Å². The van der Waals surface area contributed by atoms with E-state index in [4.69, 9.17) is 4.43 Å². The topological polar surface area (TPSA) is 9.23 Å². The van der Waals surface area contributed by atoms with E-state index < -0.39 is 8.32 Å². The Balaban J connectivity index is 2.97. The van der Waals surface area contributed by atoms with Gasteiger partial charge in [0.15, 0.2) is 5.82 Å². The molecule has 1 nitrogen and oxygen atoms in total. The Labute approximate surface area is 106 Å². The van der Waals surface area contributed by atoms with Gasteiger partial charge in [0.1, 0.15) is 5.75 Å². The van der Waals surface area contributed by atoms with Crippen molar-refractivity contribution in [2.24, 2.45) is 0 Å². The van der Waals surface area contributed by atoms with E-state index in [1.807, 2.05) is 0 Å². The standard InChI is InChI=1S/C12H18BrFOSi/c1-12(2,3)16(4,5)15-11-7-6-9(13)8-10(11)14/h6-8H,1-5H3. The molecule has 0 spiro atoms. The summed E-state index contributed by atoms with van der Waals surface area (Å²) in [5, 5.41) is 0.0759. The summed E-state index contributed by atoms with van der Waals surface area (Å²) in [4.78, 5) is 0. The lowest BCUT2D eigenvalue weighted by atomic mass is 10.2. The van der Waals surface area contributed by atoms with Crippen LogP contribution in [0.4, 0.5) is 4.39 Å². The Morgan fingerprint density at radius 2 is 1.81 bits per heavy atom. The van der Waals surface area contributed by atoms with Crippen LogP contribution in [-0.2, 0) is 0 Å². The van der Waals surface area contributed by atoms with Gasteiger partial charge in [-0.1, -0.05) is 36.7 Å². The van der Waals surface area contributed by atoms with Crippen molar-refractivity contribution in [3.8, 4) is 5.75 Å². The average Bonchev–Trinajstić information content (AvgIpc) is 2.08. The van der Waals surface area contributed by atoms with Gasteiger partial charge in [0, 0.05) is 4.47 Å². The van der Waals surface area contributed by atoms with Crippen LogP contribution in [0.5, 0.6) is 5.75 Å². The Morgan fingerprint density at radius 3 is 2.25 bits per heavy atom. The van der Waals surface area contributed by atoms with Gasteiger partial charge in [-0.15, -0.1) is 0 Å². The second-order valence-electron chi connectivity index (χ2n) is 5.44. The van der Waals surface area contributed by atoms with Crippen LogP contribution >= 0.6 is 15.9 Å². The number of benzene rings is 1. The molecule has 1 aromatic carbocycles. The maximum atomic E-state index is 13.6. The van der Waals surface area contributed by atoms with Crippen molar-refractivity contribution < 1.29 is 8.82 Å². The largest absolute Gasteiger partial charge is 0.542 e. The monoisotopic (exact) mass is 304 g/mol. The maximum absolute atomic E-state index is 13.6. The van der Waals surface area contributed by atoms with Crippen LogP contribution < -0.4 is 4.43 Å². The quantitative estimate of drug-likeness (QED) is 0.701. The van der Waals surface area contributed by atoms with Crippen molar-refractivity contribution in [3.05, 3.63) is 28.5 Å². The highest BCUT2D eigenvalue weighted by Crippen LogP contribution is 2.38. The Kier molecular flexibility index (Phi) is 3.85. The third kappa shape index (κ3) is 3.07. The van der Waals surface area contributed by atoms with Gasteiger partial charge < -0.3 is 4.43 Å². The van der Waals surface area contributed by atoms with Gasteiger partial charge in [-0.05, 0) is 36.3 Å². The number of rotatable bonds is 2. The van der Waals surface area contributed by atoms with Crippen molar-refractivity contribution in [2.45, 2.75) is 38.9 Å². The lowest BCUT2D eigenvalue weighted by molar-refractivity contribution is 0.457. The number of hydrogen-bond acceptors (Lipinski definition) is 1. The molecule has 16 heavy (non-hydrogen) atoms. The van der Waals surface area contributed by atoms with E-state index in [-0.39, 0.29) is 10.9 Å². The third-order valence-corrected chi connectivity index (χ3v) is 7.90. The molecule has 0 saturated heterocycles. The minimum absolute atomic E-state index is 0.0759. The molecule has 0 saturated carbocycles. The minimum atomic E-state index is -1.95. The highest BCUT2D eigenvalue weighted by atomic mass is 79.9. The number of hydrogen-bond donors (Lipinski definition) is 0. The van der Waals surface area contributed by atoms with Crippen LogP contribution in [0, 0.1) is 5.82 Å². The highest BCUT2D eigenvalue weighted by molar-refractivity contribution is 9.10. The van der Waals surface area contributed by atoms with E-state index in [1.165, 1.54) is 6.07 Å². The Bertz CT molecular complexity index is 385. The van der Waals surface area contributed by atoms with Crippen LogP contribution in [0.1, 0.15) is 20.8 Å². The van der Waals surface area contributed by atoms with E-state index >= 15 is 0 Å². The molecule has 0 amide bonds.